The summed E-state index contributed by atoms with van der Waals surface area (Å²) in [6.45, 7) is 52.9. The Labute approximate surface area is 389 Å². The number of rotatable bonds is 5. The van der Waals surface area contributed by atoms with Gasteiger partial charge in [-0.15, -0.1) is 0 Å². The summed E-state index contributed by atoms with van der Waals surface area (Å²) in [4.78, 5) is 0. The van der Waals surface area contributed by atoms with Crippen LogP contribution in [0.15, 0.2) is 0 Å². The van der Waals surface area contributed by atoms with Gasteiger partial charge in [0, 0.05) is 0 Å². The van der Waals surface area contributed by atoms with E-state index in [2.05, 4.69) is 138 Å². The molecule has 0 N–H and O–H groups in total. The summed E-state index contributed by atoms with van der Waals surface area (Å²) in [5.41, 5.74) is 1.78. The minimum atomic E-state index is 0.500. The third-order valence-corrected chi connectivity index (χ3v) is 12.3. The average molecular weight is 854 g/mol. The topological polar surface area (TPSA) is 0 Å². The minimum absolute atomic E-state index is 0.500. The zero-order valence-corrected chi connectivity index (χ0v) is 48.1. The molecule has 5 saturated carbocycles. The van der Waals surface area contributed by atoms with E-state index in [0.717, 1.165) is 40.9 Å². The van der Waals surface area contributed by atoms with Crippen molar-refractivity contribution in [1.82, 2.24) is 0 Å². The van der Waals surface area contributed by atoms with Crippen molar-refractivity contribution < 1.29 is 0 Å². The Kier molecular flexibility index (Phi) is 59.7. The van der Waals surface area contributed by atoms with Gasteiger partial charge in [-0.05, 0) is 64.6 Å². The fourth-order valence-corrected chi connectivity index (χ4v) is 7.14. The first kappa shape index (κ1) is 71.6. The molecule has 0 radical (unpaired) electrons. The molecule has 0 heteroatoms. The summed E-state index contributed by atoms with van der Waals surface area (Å²) >= 11 is 0. The minimum Gasteiger partial charge on any atom is -0.0683 e. The van der Waals surface area contributed by atoms with Crippen LogP contribution in [0.4, 0.5) is 0 Å². The molecular weight excluding hydrogens is 721 g/mol. The summed E-state index contributed by atoms with van der Waals surface area (Å²) < 4.78 is 0. The van der Waals surface area contributed by atoms with Gasteiger partial charge in [0.1, 0.15) is 0 Å². The molecule has 372 valence electrons. The molecule has 0 atom stereocenters. The van der Waals surface area contributed by atoms with E-state index in [4.69, 9.17) is 0 Å². The normalized spacial score (nSPS) is 18.5. The molecule has 0 bridgehead atoms. The first-order valence-electron chi connectivity index (χ1n) is 28.0. The Balaban J connectivity index is -0.000000136. The molecule has 0 heterocycles. The predicted octanol–water partition coefficient (Wildman–Crippen LogP) is 23.6. The molecule has 0 unspecified atom stereocenters. The van der Waals surface area contributed by atoms with Crippen LogP contribution >= 0.6 is 0 Å². The molecule has 0 amide bonds. The van der Waals surface area contributed by atoms with Crippen molar-refractivity contribution in [2.24, 2.45) is 51.8 Å². The third kappa shape index (κ3) is 72.4. The SMILES string of the molecule is CC.CC.CC(C)(C)C.CC(C)C.CC1CCCC1.CC1CCCCC1.CCC(C)(C)C.CCC(C)C.CCC1(C)CCCC1.CCC1CCCC1.CCCC1CCCC1. The van der Waals surface area contributed by atoms with Crippen LogP contribution in [-0.2, 0) is 0 Å². The predicted molar refractivity (Wildman–Crippen MR) is 289 cm³/mol. The summed E-state index contributed by atoms with van der Waals surface area (Å²) in [6, 6.07) is 0. The molecule has 0 spiro atoms. The lowest BCUT2D eigenvalue weighted by Crippen LogP contribution is -2.07. The average Bonchev–Trinajstić information content (AvgIpc) is 4.05. The first-order valence-corrected chi connectivity index (χ1v) is 28.0. The van der Waals surface area contributed by atoms with Crippen molar-refractivity contribution in [2.75, 3.05) is 0 Å². The Morgan fingerprint density at radius 1 is 0.483 bits per heavy atom. The molecule has 0 saturated heterocycles. The monoisotopic (exact) mass is 853 g/mol. The summed E-state index contributed by atoms with van der Waals surface area (Å²) in [6.07, 6.45) is 39.6. The van der Waals surface area contributed by atoms with Crippen LogP contribution in [0.5, 0.6) is 0 Å². The van der Waals surface area contributed by atoms with Gasteiger partial charge in [0.05, 0.1) is 0 Å². The van der Waals surface area contributed by atoms with Crippen molar-refractivity contribution in [3.05, 3.63) is 0 Å². The molecule has 5 rings (SSSR count). The fourth-order valence-electron chi connectivity index (χ4n) is 7.14. The molecular formula is C60H132. The van der Waals surface area contributed by atoms with Gasteiger partial charge in [0.25, 0.3) is 0 Å². The maximum absolute atomic E-state index is 2.42. The van der Waals surface area contributed by atoms with Crippen LogP contribution in [0, 0.1) is 51.8 Å². The number of hydrogen-bond acceptors (Lipinski definition) is 0. The zero-order chi connectivity index (χ0) is 48.1. The molecule has 5 fully saturated rings. The van der Waals surface area contributed by atoms with Gasteiger partial charge in [0.15, 0.2) is 0 Å². The number of hydrogen-bond donors (Lipinski definition) is 0. The second kappa shape index (κ2) is 50.0. The van der Waals surface area contributed by atoms with E-state index in [-0.39, 0.29) is 0 Å². The van der Waals surface area contributed by atoms with Gasteiger partial charge in [0.2, 0.25) is 0 Å². The van der Waals surface area contributed by atoms with E-state index in [9.17, 15) is 0 Å². The lowest BCUT2D eigenvalue weighted by atomic mass is 9.86. The van der Waals surface area contributed by atoms with Gasteiger partial charge >= 0.3 is 0 Å². The molecule has 0 aromatic heterocycles. The fraction of sp³-hybridized carbons (Fsp3) is 1.00. The Bertz CT molecular complexity index is 689. The van der Waals surface area contributed by atoms with Gasteiger partial charge in [-0.3, -0.25) is 0 Å². The van der Waals surface area contributed by atoms with Crippen LogP contribution in [0.2, 0.25) is 0 Å². The highest BCUT2D eigenvalue weighted by atomic mass is 14.3. The summed E-state index contributed by atoms with van der Waals surface area (Å²) in [7, 11) is 0. The van der Waals surface area contributed by atoms with Crippen molar-refractivity contribution >= 4 is 0 Å². The smallest absolute Gasteiger partial charge is 0.0328 e. The Morgan fingerprint density at radius 2 is 0.750 bits per heavy atom. The molecule has 0 aromatic rings. The standard InChI is InChI=1S/2C8H16.2C7H14.C6H12.C6H14.2C5H12.C4H10.2C2H6/c1-3-8(2)6-4-5-7-8;1-2-5-8-6-3-4-7-8;1-7-5-3-2-4-6-7;1-2-7-5-3-4-6-7;1-6-4-2-3-5-6;1-5-6(2,3)4;1-5(2,3)4;1-4-5(2)3;1-4(2)3;2*1-2/h3-7H2,1-2H3;8H,2-7H2,1H3;2*7H,2-6H2,1H3;6H,2-5H2,1H3;5H2,1-4H3;1-4H3;5H,4H2,1-3H3;4H,1-3H3;2*1-2H3. The highest BCUT2D eigenvalue weighted by Crippen LogP contribution is 2.39. The third-order valence-electron chi connectivity index (χ3n) is 12.3. The van der Waals surface area contributed by atoms with E-state index in [0.29, 0.717) is 10.8 Å². The largest absolute Gasteiger partial charge is 0.0683 e. The zero-order valence-electron chi connectivity index (χ0n) is 48.1. The van der Waals surface area contributed by atoms with Gasteiger partial charge in [-0.25, -0.2) is 0 Å². The van der Waals surface area contributed by atoms with E-state index in [1.165, 1.54) is 173 Å². The molecule has 5 aliphatic carbocycles. The maximum Gasteiger partial charge on any atom is -0.0328 e. The highest BCUT2D eigenvalue weighted by molar-refractivity contribution is 4.78. The van der Waals surface area contributed by atoms with Crippen molar-refractivity contribution in [2.45, 2.75) is 340 Å². The molecule has 0 aromatic carbocycles. The van der Waals surface area contributed by atoms with Gasteiger partial charge in [-0.1, -0.05) is 327 Å². The summed E-state index contributed by atoms with van der Waals surface area (Å²) in [5.74, 6) is 6.01. The first-order chi connectivity index (χ1) is 28.0. The highest BCUT2D eigenvalue weighted by Gasteiger charge is 2.25. The molecule has 5 aliphatic rings. The van der Waals surface area contributed by atoms with Gasteiger partial charge in [-0.2, -0.15) is 0 Å². The maximum atomic E-state index is 2.42. The Hall–Kier alpha value is 0. The second-order valence-electron chi connectivity index (χ2n) is 23.5. The van der Waals surface area contributed by atoms with Gasteiger partial charge < -0.3 is 0 Å². The van der Waals surface area contributed by atoms with Crippen LogP contribution in [-0.4, -0.2) is 0 Å². The van der Waals surface area contributed by atoms with Crippen LogP contribution < -0.4 is 0 Å². The lowest BCUT2D eigenvalue weighted by molar-refractivity contribution is 0.323. The summed E-state index contributed by atoms with van der Waals surface area (Å²) in [5, 5.41) is 0. The van der Waals surface area contributed by atoms with Crippen LogP contribution in [0.25, 0.3) is 0 Å². The molecule has 0 nitrogen and oxygen atoms in total. The van der Waals surface area contributed by atoms with Crippen LogP contribution in [0.3, 0.4) is 0 Å². The van der Waals surface area contributed by atoms with E-state index in [1.807, 2.05) is 27.7 Å². The molecule has 0 aliphatic heterocycles. The quantitative estimate of drug-likeness (QED) is 0.258. The van der Waals surface area contributed by atoms with Crippen molar-refractivity contribution in [3.8, 4) is 0 Å². The lowest BCUT2D eigenvalue weighted by Gasteiger charge is -2.19. The second-order valence-corrected chi connectivity index (χ2v) is 23.5. The van der Waals surface area contributed by atoms with Crippen molar-refractivity contribution in [1.29, 1.82) is 0 Å². The van der Waals surface area contributed by atoms with E-state index >= 15 is 0 Å². The van der Waals surface area contributed by atoms with Crippen molar-refractivity contribution in [3.63, 3.8) is 0 Å². The van der Waals surface area contributed by atoms with Crippen LogP contribution in [0.1, 0.15) is 340 Å². The Morgan fingerprint density at radius 3 is 0.900 bits per heavy atom. The van der Waals surface area contributed by atoms with E-state index in [1.54, 1.807) is 0 Å². The molecule has 60 heavy (non-hydrogen) atoms. The van der Waals surface area contributed by atoms with E-state index < -0.39 is 0 Å².